The highest BCUT2D eigenvalue weighted by Crippen LogP contribution is 2.14. The lowest BCUT2D eigenvalue weighted by molar-refractivity contribution is 0.780. The first-order valence-corrected chi connectivity index (χ1v) is 6.60. The third kappa shape index (κ3) is 3.40. The molecule has 1 heterocycles. The molecule has 1 aromatic heterocycles. The van der Waals surface area contributed by atoms with E-state index >= 15 is 0 Å². The lowest BCUT2D eigenvalue weighted by Crippen LogP contribution is -1.94. The maximum Gasteiger partial charge on any atom is 0.153 e. The van der Waals surface area contributed by atoms with E-state index in [1.165, 1.54) is 5.56 Å². The fourth-order valence-electron chi connectivity index (χ4n) is 1.64. The summed E-state index contributed by atoms with van der Waals surface area (Å²) in [6, 6.07) is 8.36. The molecule has 90 valence electrons. The van der Waals surface area contributed by atoms with Crippen LogP contribution < -0.4 is 0 Å². The van der Waals surface area contributed by atoms with E-state index in [0.717, 1.165) is 29.0 Å². The topological polar surface area (TPSA) is 41.6 Å². The Kier molecular flexibility index (Phi) is 3.94. The predicted octanol–water partition coefficient (Wildman–Crippen LogP) is 3.48. The molecule has 0 saturated heterocycles. The van der Waals surface area contributed by atoms with Crippen molar-refractivity contribution >= 4 is 15.9 Å². The van der Waals surface area contributed by atoms with E-state index in [9.17, 15) is 0 Å². The minimum atomic E-state index is 0.380. The number of halogens is 1. The Morgan fingerprint density at radius 3 is 2.76 bits per heavy atom. The quantitative estimate of drug-likeness (QED) is 0.938. The third-order valence-corrected chi connectivity index (χ3v) is 3.10. The monoisotopic (exact) mass is 293 g/mol. The van der Waals surface area contributed by atoms with Crippen LogP contribution in [0.25, 0.3) is 0 Å². The second kappa shape index (κ2) is 5.45. The van der Waals surface area contributed by atoms with Crippen molar-refractivity contribution in [2.24, 2.45) is 0 Å². The summed E-state index contributed by atoms with van der Waals surface area (Å²) >= 11 is 3.48. The molecule has 0 amide bonds. The molecular formula is C13H16BrN3. The summed E-state index contributed by atoms with van der Waals surface area (Å²) in [5.41, 5.74) is 1.31. The van der Waals surface area contributed by atoms with Gasteiger partial charge in [0.2, 0.25) is 0 Å². The Morgan fingerprint density at radius 2 is 2.12 bits per heavy atom. The minimum absolute atomic E-state index is 0.380. The lowest BCUT2D eigenvalue weighted by Gasteiger charge is -1.99. The van der Waals surface area contributed by atoms with Gasteiger partial charge in [-0.25, -0.2) is 4.98 Å². The Labute approximate surface area is 110 Å². The van der Waals surface area contributed by atoms with Gasteiger partial charge in [-0.1, -0.05) is 41.9 Å². The van der Waals surface area contributed by atoms with E-state index in [4.69, 9.17) is 0 Å². The average Bonchev–Trinajstić information content (AvgIpc) is 2.75. The summed E-state index contributed by atoms with van der Waals surface area (Å²) in [4.78, 5) is 4.47. The summed E-state index contributed by atoms with van der Waals surface area (Å²) in [5.74, 6) is 2.24. The van der Waals surface area contributed by atoms with Crippen LogP contribution in [-0.2, 0) is 12.8 Å². The molecule has 2 aromatic rings. The van der Waals surface area contributed by atoms with Crippen LogP contribution in [0.3, 0.4) is 0 Å². The van der Waals surface area contributed by atoms with Crippen LogP contribution in [0.4, 0.5) is 0 Å². The number of rotatable bonds is 4. The first-order valence-electron chi connectivity index (χ1n) is 5.81. The Bertz CT molecular complexity index is 491. The minimum Gasteiger partial charge on any atom is -0.263 e. The van der Waals surface area contributed by atoms with Gasteiger partial charge in [-0.2, -0.15) is 5.10 Å². The fourth-order valence-corrected chi connectivity index (χ4v) is 2.08. The number of benzene rings is 1. The third-order valence-electron chi connectivity index (χ3n) is 2.60. The highest BCUT2D eigenvalue weighted by molar-refractivity contribution is 9.10. The van der Waals surface area contributed by atoms with Crippen LogP contribution >= 0.6 is 15.9 Å². The van der Waals surface area contributed by atoms with Gasteiger partial charge in [-0.15, -0.1) is 0 Å². The maximum atomic E-state index is 4.47. The van der Waals surface area contributed by atoms with Crippen molar-refractivity contribution in [2.45, 2.75) is 32.6 Å². The van der Waals surface area contributed by atoms with Crippen LogP contribution in [0, 0.1) is 0 Å². The Balaban J connectivity index is 1.97. The molecule has 17 heavy (non-hydrogen) atoms. The first-order chi connectivity index (χ1) is 8.15. The molecule has 0 aliphatic rings. The summed E-state index contributed by atoms with van der Waals surface area (Å²) in [6.45, 7) is 4.20. The van der Waals surface area contributed by atoms with Crippen molar-refractivity contribution in [1.82, 2.24) is 15.2 Å². The van der Waals surface area contributed by atoms with Crippen molar-refractivity contribution in [2.75, 3.05) is 0 Å². The van der Waals surface area contributed by atoms with Crippen molar-refractivity contribution < 1.29 is 0 Å². The molecule has 0 aliphatic carbocycles. The van der Waals surface area contributed by atoms with Gasteiger partial charge in [0.25, 0.3) is 0 Å². The molecule has 0 fully saturated rings. The normalized spacial score (nSPS) is 11.1. The van der Waals surface area contributed by atoms with E-state index in [1.54, 1.807) is 0 Å². The van der Waals surface area contributed by atoms with Gasteiger partial charge in [-0.3, -0.25) is 5.10 Å². The molecule has 0 bridgehead atoms. The lowest BCUT2D eigenvalue weighted by atomic mass is 10.1. The smallest absolute Gasteiger partial charge is 0.153 e. The molecule has 0 unspecified atom stereocenters. The Hall–Kier alpha value is -1.16. The van der Waals surface area contributed by atoms with Gasteiger partial charge < -0.3 is 0 Å². The molecule has 0 spiro atoms. The molecule has 1 N–H and O–H groups in total. The van der Waals surface area contributed by atoms with E-state index in [1.807, 2.05) is 6.07 Å². The van der Waals surface area contributed by atoms with Crippen molar-refractivity contribution in [1.29, 1.82) is 0 Å². The fraction of sp³-hybridized carbons (Fsp3) is 0.385. The largest absolute Gasteiger partial charge is 0.263 e. The highest BCUT2D eigenvalue weighted by atomic mass is 79.9. The zero-order valence-corrected chi connectivity index (χ0v) is 11.7. The molecule has 4 heteroatoms. The molecule has 0 aliphatic heterocycles. The number of hydrogen-bond acceptors (Lipinski definition) is 2. The van der Waals surface area contributed by atoms with Crippen LogP contribution in [0.1, 0.15) is 37.0 Å². The predicted molar refractivity (Wildman–Crippen MR) is 72.0 cm³/mol. The number of nitrogens with one attached hydrogen (secondary N) is 1. The number of aryl methyl sites for hydroxylation is 2. The van der Waals surface area contributed by atoms with E-state index in [-0.39, 0.29) is 0 Å². The van der Waals surface area contributed by atoms with Gasteiger partial charge >= 0.3 is 0 Å². The number of aromatic amines is 1. The van der Waals surface area contributed by atoms with E-state index in [2.05, 4.69) is 63.2 Å². The maximum absolute atomic E-state index is 4.47. The SMILES string of the molecule is CC(C)c1n[nH]c(CCc2cccc(Br)c2)n1. The first kappa shape index (κ1) is 12.3. The van der Waals surface area contributed by atoms with Crippen LogP contribution in [0.15, 0.2) is 28.7 Å². The number of hydrogen-bond donors (Lipinski definition) is 1. The molecule has 0 saturated carbocycles. The second-order valence-corrected chi connectivity index (χ2v) is 5.34. The standard InChI is InChI=1S/C13H16BrN3/c1-9(2)13-15-12(16-17-13)7-6-10-4-3-5-11(14)8-10/h3-5,8-9H,6-7H2,1-2H3,(H,15,16,17). The van der Waals surface area contributed by atoms with Crippen molar-refractivity contribution in [3.05, 3.63) is 46.0 Å². The summed E-state index contributed by atoms with van der Waals surface area (Å²) in [7, 11) is 0. The van der Waals surface area contributed by atoms with Gasteiger partial charge in [0.05, 0.1) is 0 Å². The highest BCUT2D eigenvalue weighted by Gasteiger charge is 2.06. The average molecular weight is 294 g/mol. The molecule has 3 nitrogen and oxygen atoms in total. The molecule has 1 aromatic carbocycles. The molecule has 0 radical (unpaired) electrons. The molecular weight excluding hydrogens is 278 g/mol. The van der Waals surface area contributed by atoms with Crippen LogP contribution in [-0.4, -0.2) is 15.2 Å². The summed E-state index contributed by atoms with van der Waals surface area (Å²) in [5, 5.41) is 7.20. The molecule has 0 atom stereocenters. The van der Waals surface area contributed by atoms with Crippen LogP contribution in [0.5, 0.6) is 0 Å². The van der Waals surface area contributed by atoms with Crippen molar-refractivity contribution in [3.8, 4) is 0 Å². The zero-order valence-electron chi connectivity index (χ0n) is 10.1. The van der Waals surface area contributed by atoms with Crippen molar-refractivity contribution in [3.63, 3.8) is 0 Å². The zero-order chi connectivity index (χ0) is 12.3. The summed E-state index contributed by atoms with van der Waals surface area (Å²) in [6.07, 6.45) is 1.88. The van der Waals surface area contributed by atoms with Gasteiger partial charge in [0, 0.05) is 16.8 Å². The van der Waals surface area contributed by atoms with E-state index < -0.39 is 0 Å². The second-order valence-electron chi connectivity index (χ2n) is 4.42. The van der Waals surface area contributed by atoms with Gasteiger partial charge in [0.1, 0.15) is 5.82 Å². The number of nitrogens with zero attached hydrogens (tertiary/aromatic N) is 2. The number of H-pyrrole nitrogens is 1. The van der Waals surface area contributed by atoms with Gasteiger partial charge in [0.15, 0.2) is 5.82 Å². The van der Waals surface area contributed by atoms with Gasteiger partial charge in [-0.05, 0) is 24.1 Å². The van der Waals surface area contributed by atoms with Crippen LogP contribution in [0.2, 0.25) is 0 Å². The molecule has 2 rings (SSSR count). The Morgan fingerprint density at radius 1 is 1.29 bits per heavy atom. The summed E-state index contributed by atoms with van der Waals surface area (Å²) < 4.78 is 1.12. The van der Waals surface area contributed by atoms with E-state index in [0.29, 0.717) is 5.92 Å². The number of aromatic nitrogens is 3.